The molecular weight excluding hydrogens is 316 g/mol. The molecule has 0 spiro atoms. The Morgan fingerprint density at radius 3 is 2.88 bits per heavy atom. The molecular formula is C19H20N4O2. The fourth-order valence-electron chi connectivity index (χ4n) is 3.31. The zero-order valence-corrected chi connectivity index (χ0v) is 14.0. The summed E-state index contributed by atoms with van der Waals surface area (Å²) in [6.07, 6.45) is 3.76. The van der Waals surface area contributed by atoms with E-state index in [0.717, 1.165) is 16.7 Å². The molecule has 1 aliphatic heterocycles. The summed E-state index contributed by atoms with van der Waals surface area (Å²) in [5.74, 6) is 1.14. The number of aliphatic hydroxyl groups excluding tert-OH is 1. The summed E-state index contributed by atoms with van der Waals surface area (Å²) < 4.78 is 5.53. The van der Waals surface area contributed by atoms with Gasteiger partial charge in [0.05, 0.1) is 12.1 Å². The van der Waals surface area contributed by atoms with Gasteiger partial charge in [-0.1, -0.05) is 28.9 Å². The molecule has 6 heteroatoms. The number of β-amino-alcohol motifs (C(OH)–C–C–N with tert-alkyl or cyclic N) is 1. The topological polar surface area (TPSA) is 75.3 Å². The van der Waals surface area contributed by atoms with Crippen LogP contribution < -0.4 is 0 Å². The number of hydrogen-bond acceptors (Lipinski definition) is 6. The normalized spacial score (nSPS) is 20.9. The third-order valence-corrected chi connectivity index (χ3v) is 4.52. The summed E-state index contributed by atoms with van der Waals surface area (Å²) in [4.78, 5) is 10.8. The van der Waals surface area contributed by atoms with Crippen molar-refractivity contribution in [3.05, 3.63) is 65.8 Å². The Labute approximate surface area is 146 Å². The summed E-state index contributed by atoms with van der Waals surface area (Å²) in [6, 6.07) is 11.9. The SMILES string of the molecule is Cc1cccc(-c2noc([C@@H]3C[C@@H](O)CN3Cc3ccncc3)n2)c1. The predicted molar refractivity (Wildman–Crippen MR) is 92.5 cm³/mol. The van der Waals surface area contributed by atoms with Crippen LogP contribution in [0.4, 0.5) is 0 Å². The van der Waals surface area contributed by atoms with E-state index in [0.29, 0.717) is 31.2 Å². The minimum Gasteiger partial charge on any atom is -0.392 e. The second kappa shape index (κ2) is 6.74. The molecule has 0 bridgehead atoms. The van der Waals surface area contributed by atoms with Crippen molar-refractivity contribution in [3.8, 4) is 11.4 Å². The monoisotopic (exact) mass is 336 g/mol. The molecule has 2 aromatic heterocycles. The lowest BCUT2D eigenvalue weighted by atomic mass is 10.1. The first-order valence-electron chi connectivity index (χ1n) is 8.41. The Morgan fingerprint density at radius 2 is 2.08 bits per heavy atom. The lowest BCUT2D eigenvalue weighted by Crippen LogP contribution is -2.24. The van der Waals surface area contributed by atoms with Gasteiger partial charge in [-0.05, 0) is 37.1 Å². The molecule has 1 aliphatic rings. The Morgan fingerprint density at radius 1 is 1.24 bits per heavy atom. The van der Waals surface area contributed by atoms with Crippen LogP contribution in [0.5, 0.6) is 0 Å². The number of aromatic nitrogens is 3. The highest BCUT2D eigenvalue weighted by molar-refractivity contribution is 5.55. The van der Waals surface area contributed by atoms with Gasteiger partial charge < -0.3 is 9.63 Å². The summed E-state index contributed by atoms with van der Waals surface area (Å²) >= 11 is 0. The van der Waals surface area contributed by atoms with Gasteiger partial charge in [-0.25, -0.2) is 0 Å². The lowest BCUT2D eigenvalue weighted by Gasteiger charge is -2.20. The van der Waals surface area contributed by atoms with Crippen molar-refractivity contribution in [2.75, 3.05) is 6.54 Å². The fourth-order valence-corrected chi connectivity index (χ4v) is 3.31. The highest BCUT2D eigenvalue weighted by Crippen LogP contribution is 2.33. The molecule has 4 rings (SSSR count). The zero-order chi connectivity index (χ0) is 17.2. The number of likely N-dealkylation sites (tertiary alicyclic amines) is 1. The molecule has 6 nitrogen and oxygen atoms in total. The summed E-state index contributed by atoms with van der Waals surface area (Å²) in [5, 5.41) is 14.3. The zero-order valence-electron chi connectivity index (χ0n) is 14.0. The lowest BCUT2D eigenvalue weighted by molar-refractivity contribution is 0.169. The van der Waals surface area contributed by atoms with E-state index in [4.69, 9.17) is 4.52 Å². The van der Waals surface area contributed by atoms with Gasteiger partial charge in [0.1, 0.15) is 0 Å². The maximum absolute atomic E-state index is 10.1. The molecule has 1 fully saturated rings. The van der Waals surface area contributed by atoms with Gasteiger partial charge in [-0.3, -0.25) is 9.88 Å². The van der Waals surface area contributed by atoms with Crippen LogP contribution in [0.15, 0.2) is 53.3 Å². The van der Waals surface area contributed by atoms with Crippen molar-refractivity contribution in [2.24, 2.45) is 0 Å². The van der Waals surface area contributed by atoms with Crippen molar-refractivity contribution in [3.63, 3.8) is 0 Å². The molecule has 3 heterocycles. The van der Waals surface area contributed by atoms with Gasteiger partial charge in [0.2, 0.25) is 11.7 Å². The standard InChI is InChI=1S/C19H20N4O2/c1-13-3-2-4-15(9-13)18-21-19(25-22-18)17-10-16(24)12-23(17)11-14-5-7-20-8-6-14/h2-9,16-17,24H,10-12H2,1H3/t16-,17+/m1/s1. The number of benzene rings is 1. The molecule has 25 heavy (non-hydrogen) atoms. The first kappa shape index (κ1) is 15.9. The molecule has 0 saturated carbocycles. The summed E-state index contributed by atoms with van der Waals surface area (Å²) in [5.41, 5.74) is 3.24. The van der Waals surface area contributed by atoms with Gasteiger partial charge >= 0.3 is 0 Å². The second-order valence-electron chi connectivity index (χ2n) is 6.52. The van der Waals surface area contributed by atoms with Crippen molar-refractivity contribution in [1.82, 2.24) is 20.0 Å². The summed E-state index contributed by atoms with van der Waals surface area (Å²) in [7, 11) is 0. The van der Waals surface area contributed by atoms with Crippen LogP contribution in [-0.4, -0.2) is 37.8 Å². The van der Waals surface area contributed by atoms with Crippen LogP contribution >= 0.6 is 0 Å². The number of aryl methyl sites for hydroxylation is 1. The van der Waals surface area contributed by atoms with Gasteiger partial charge in [0.15, 0.2) is 0 Å². The van der Waals surface area contributed by atoms with Crippen LogP contribution in [0, 0.1) is 6.92 Å². The average Bonchev–Trinajstić information content (AvgIpc) is 3.22. The summed E-state index contributed by atoms with van der Waals surface area (Å²) in [6.45, 7) is 3.34. The predicted octanol–water partition coefficient (Wildman–Crippen LogP) is 2.75. The van der Waals surface area contributed by atoms with Crippen LogP contribution in [0.1, 0.15) is 29.5 Å². The Bertz CT molecular complexity index is 849. The van der Waals surface area contributed by atoms with E-state index in [9.17, 15) is 5.11 Å². The molecule has 1 N–H and O–H groups in total. The van der Waals surface area contributed by atoms with E-state index in [1.165, 1.54) is 0 Å². The van der Waals surface area contributed by atoms with Gasteiger partial charge in [0.25, 0.3) is 0 Å². The number of aliphatic hydroxyl groups is 1. The van der Waals surface area contributed by atoms with Crippen molar-refractivity contribution in [2.45, 2.75) is 32.0 Å². The van der Waals surface area contributed by atoms with Crippen LogP contribution in [0.25, 0.3) is 11.4 Å². The highest BCUT2D eigenvalue weighted by atomic mass is 16.5. The highest BCUT2D eigenvalue weighted by Gasteiger charge is 2.35. The van der Waals surface area contributed by atoms with Crippen LogP contribution in [0.3, 0.4) is 0 Å². The average molecular weight is 336 g/mol. The largest absolute Gasteiger partial charge is 0.392 e. The van der Waals surface area contributed by atoms with Crippen molar-refractivity contribution in [1.29, 1.82) is 0 Å². The quantitative estimate of drug-likeness (QED) is 0.789. The van der Waals surface area contributed by atoms with E-state index in [2.05, 4.69) is 20.0 Å². The van der Waals surface area contributed by atoms with Crippen molar-refractivity contribution >= 4 is 0 Å². The maximum atomic E-state index is 10.1. The maximum Gasteiger partial charge on any atom is 0.244 e. The van der Waals surface area contributed by atoms with Gasteiger partial charge in [-0.15, -0.1) is 0 Å². The Balaban J connectivity index is 1.57. The second-order valence-corrected chi connectivity index (χ2v) is 6.52. The minimum atomic E-state index is -0.388. The van der Waals surface area contributed by atoms with E-state index < -0.39 is 0 Å². The van der Waals surface area contributed by atoms with Crippen LogP contribution in [0.2, 0.25) is 0 Å². The third-order valence-electron chi connectivity index (χ3n) is 4.52. The molecule has 128 valence electrons. The first-order valence-corrected chi connectivity index (χ1v) is 8.41. The smallest absolute Gasteiger partial charge is 0.244 e. The molecule has 0 aliphatic carbocycles. The molecule has 2 atom stereocenters. The Kier molecular flexibility index (Phi) is 4.29. The minimum absolute atomic E-state index is 0.0748. The molecule has 1 saturated heterocycles. The number of nitrogens with zero attached hydrogens (tertiary/aromatic N) is 4. The van der Waals surface area contributed by atoms with E-state index in [-0.39, 0.29) is 12.1 Å². The fraction of sp³-hybridized carbons (Fsp3) is 0.316. The van der Waals surface area contributed by atoms with Gasteiger partial charge in [-0.2, -0.15) is 4.98 Å². The molecule has 0 unspecified atom stereocenters. The third kappa shape index (κ3) is 3.45. The van der Waals surface area contributed by atoms with Crippen LogP contribution in [-0.2, 0) is 6.54 Å². The molecule has 0 amide bonds. The molecule has 1 aromatic carbocycles. The number of hydrogen-bond donors (Lipinski definition) is 1. The van der Waals surface area contributed by atoms with E-state index in [1.807, 2.05) is 43.3 Å². The molecule has 0 radical (unpaired) electrons. The first-order chi connectivity index (χ1) is 12.2. The number of rotatable bonds is 4. The molecule has 3 aromatic rings. The van der Waals surface area contributed by atoms with Gasteiger partial charge in [0, 0.05) is 31.0 Å². The van der Waals surface area contributed by atoms with E-state index >= 15 is 0 Å². The number of pyridine rings is 1. The van der Waals surface area contributed by atoms with E-state index in [1.54, 1.807) is 12.4 Å². The van der Waals surface area contributed by atoms with Crippen molar-refractivity contribution < 1.29 is 9.63 Å². The Hall–Kier alpha value is -2.57.